The van der Waals surface area contributed by atoms with E-state index in [1.54, 1.807) is 12.1 Å². The van der Waals surface area contributed by atoms with Crippen molar-refractivity contribution in [1.82, 2.24) is 0 Å². The van der Waals surface area contributed by atoms with Crippen LogP contribution in [-0.4, -0.2) is 22.5 Å². The summed E-state index contributed by atoms with van der Waals surface area (Å²) in [5, 5.41) is 21.4. The zero-order chi connectivity index (χ0) is 13.3. The summed E-state index contributed by atoms with van der Waals surface area (Å²) < 4.78 is 0. The molecular weight excluding hydrogens is 250 g/mol. The van der Waals surface area contributed by atoms with Crippen molar-refractivity contribution in [2.45, 2.75) is 0 Å². The Bertz CT molecular complexity index is 410. The molecule has 0 unspecified atom stereocenters. The molecule has 0 heterocycles. The molecule has 92 valence electrons. The Morgan fingerprint density at radius 2 is 1.88 bits per heavy atom. The van der Waals surface area contributed by atoms with Crippen LogP contribution in [0.15, 0.2) is 34.5 Å². The van der Waals surface area contributed by atoms with Gasteiger partial charge in [0.25, 0.3) is 5.09 Å². The fraction of sp³-hybridized carbons (Fsp3) is 0. The van der Waals surface area contributed by atoms with Gasteiger partial charge in [0, 0.05) is 5.02 Å². The van der Waals surface area contributed by atoms with Gasteiger partial charge in [0.1, 0.15) is 0 Å². The average Bonchev–Trinajstić information content (AvgIpc) is 2.19. The van der Waals surface area contributed by atoms with Crippen LogP contribution in [0.1, 0.15) is 5.56 Å². The van der Waals surface area contributed by atoms with Gasteiger partial charge >= 0.3 is 0 Å². The number of hydrogen-bond donors (Lipinski definition) is 3. The van der Waals surface area contributed by atoms with E-state index in [1.165, 1.54) is 6.21 Å². The van der Waals surface area contributed by atoms with E-state index < -0.39 is 5.09 Å². The SMILES string of the molecule is NC(N)=NN=Cc1ccc(Cl)cc1.O=[N+]([O-])O. The third kappa shape index (κ3) is 9.94. The number of hydrogen-bond acceptors (Lipinski definition) is 4. The Kier molecular flexibility index (Phi) is 6.79. The number of halogens is 1. The molecule has 0 atom stereocenters. The van der Waals surface area contributed by atoms with Gasteiger partial charge in [-0.05, 0) is 17.7 Å². The van der Waals surface area contributed by atoms with Crippen LogP contribution >= 0.6 is 11.6 Å². The van der Waals surface area contributed by atoms with Crippen molar-refractivity contribution in [3.05, 3.63) is 45.0 Å². The second kappa shape index (κ2) is 7.88. The molecule has 8 nitrogen and oxygen atoms in total. The van der Waals surface area contributed by atoms with Gasteiger partial charge in [-0.3, -0.25) is 0 Å². The summed E-state index contributed by atoms with van der Waals surface area (Å²) >= 11 is 5.68. The molecule has 1 rings (SSSR count). The average molecular weight is 260 g/mol. The molecule has 5 N–H and O–H groups in total. The molecule has 0 aromatic heterocycles. The lowest BCUT2D eigenvalue weighted by atomic mass is 10.2. The Balaban J connectivity index is 0.000000557. The number of nitrogens with two attached hydrogens (primary N) is 2. The molecule has 0 bridgehead atoms. The van der Waals surface area contributed by atoms with Crippen molar-refractivity contribution in [3.63, 3.8) is 0 Å². The topological polar surface area (TPSA) is 140 Å². The van der Waals surface area contributed by atoms with Crippen molar-refractivity contribution in [2.24, 2.45) is 21.7 Å². The van der Waals surface area contributed by atoms with Crippen molar-refractivity contribution in [3.8, 4) is 0 Å². The molecule has 9 heteroatoms. The van der Waals surface area contributed by atoms with Gasteiger partial charge in [-0.15, -0.1) is 15.2 Å². The zero-order valence-corrected chi connectivity index (χ0v) is 9.28. The van der Waals surface area contributed by atoms with Crippen LogP contribution in [0.5, 0.6) is 0 Å². The van der Waals surface area contributed by atoms with Gasteiger partial charge in [-0.2, -0.15) is 5.10 Å². The van der Waals surface area contributed by atoms with E-state index >= 15 is 0 Å². The fourth-order valence-corrected chi connectivity index (χ4v) is 0.837. The lowest BCUT2D eigenvalue weighted by Gasteiger charge is -1.90. The highest BCUT2D eigenvalue weighted by molar-refractivity contribution is 6.30. The molecule has 0 aliphatic carbocycles. The fourth-order valence-electron chi connectivity index (χ4n) is 0.711. The number of rotatable bonds is 2. The molecule has 17 heavy (non-hydrogen) atoms. The molecule has 1 aromatic rings. The van der Waals surface area contributed by atoms with Gasteiger partial charge < -0.3 is 16.7 Å². The second-order valence-electron chi connectivity index (χ2n) is 2.56. The summed E-state index contributed by atoms with van der Waals surface area (Å²) in [6, 6.07) is 7.15. The Labute approximate surface area is 101 Å². The largest absolute Gasteiger partial charge is 0.369 e. The molecule has 0 spiro atoms. The van der Waals surface area contributed by atoms with Crippen LogP contribution < -0.4 is 11.5 Å². The monoisotopic (exact) mass is 259 g/mol. The molecule has 0 aliphatic rings. The summed E-state index contributed by atoms with van der Waals surface area (Å²) in [6.45, 7) is 0. The minimum absolute atomic E-state index is 0.0646. The minimum Gasteiger partial charge on any atom is -0.369 e. The number of benzene rings is 1. The third-order valence-corrected chi connectivity index (χ3v) is 1.50. The van der Waals surface area contributed by atoms with Crippen molar-refractivity contribution in [1.29, 1.82) is 0 Å². The standard InChI is InChI=1S/C8H9ClN4.HNO3/c9-7-3-1-6(2-4-7)5-12-13-8(10)11;2-1(3)4/h1-5H,(H4,10,11,13);(H,2,3,4). The van der Waals surface area contributed by atoms with Crippen LogP contribution in [0.4, 0.5) is 0 Å². The summed E-state index contributed by atoms with van der Waals surface area (Å²) in [7, 11) is 0. The molecule has 0 aliphatic heterocycles. The quantitative estimate of drug-likeness (QED) is 0.309. The highest BCUT2D eigenvalue weighted by atomic mass is 35.5. The van der Waals surface area contributed by atoms with Crippen molar-refractivity contribution >= 4 is 23.8 Å². The van der Waals surface area contributed by atoms with E-state index in [-0.39, 0.29) is 5.96 Å². The van der Waals surface area contributed by atoms with Crippen LogP contribution in [-0.2, 0) is 0 Å². The van der Waals surface area contributed by atoms with Gasteiger partial charge in [-0.1, -0.05) is 23.7 Å². The molecule has 0 saturated heterocycles. The van der Waals surface area contributed by atoms with Crippen molar-refractivity contribution < 1.29 is 10.3 Å². The third-order valence-electron chi connectivity index (χ3n) is 1.25. The molecule has 0 amide bonds. The van der Waals surface area contributed by atoms with Crippen LogP contribution in [0, 0.1) is 10.1 Å². The Morgan fingerprint density at radius 1 is 1.41 bits per heavy atom. The van der Waals surface area contributed by atoms with Crippen LogP contribution in [0.2, 0.25) is 5.02 Å². The van der Waals surface area contributed by atoms with Gasteiger partial charge in [0.05, 0.1) is 6.21 Å². The maximum atomic E-state index is 8.36. The number of nitrogens with zero attached hydrogens (tertiary/aromatic N) is 3. The second-order valence-corrected chi connectivity index (χ2v) is 3.00. The summed E-state index contributed by atoms with van der Waals surface area (Å²) in [5.74, 6) is -0.0646. The molecule has 0 saturated carbocycles. The van der Waals surface area contributed by atoms with Crippen LogP contribution in [0.25, 0.3) is 0 Å². The Hall–Kier alpha value is -2.35. The number of guanidine groups is 1. The van der Waals surface area contributed by atoms with E-state index in [9.17, 15) is 0 Å². The highest BCUT2D eigenvalue weighted by Gasteiger charge is 1.87. The molecular formula is C8H10ClN5O3. The first-order valence-electron chi connectivity index (χ1n) is 4.12. The predicted octanol–water partition coefficient (Wildman–Crippen LogP) is 0.600. The lowest BCUT2D eigenvalue weighted by molar-refractivity contribution is -0.742. The first kappa shape index (κ1) is 14.6. The van der Waals surface area contributed by atoms with Gasteiger partial charge in [0.2, 0.25) is 5.96 Å². The Morgan fingerprint density at radius 3 is 2.29 bits per heavy atom. The van der Waals surface area contributed by atoms with E-state index in [0.29, 0.717) is 5.02 Å². The first-order valence-corrected chi connectivity index (χ1v) is 4.50. The van der Waals surface area contributed by atoms with E-state index in [2.05, 4.69) is 10.2 Å². The van der Waals surface area contributed by atoms with Gasteiger partial charge in [-0.25, -0.2) is 0 Å². The highest BCUT2D eigenvalue weighted by Crippen LogP contribution is 2.07. The minimum atomic E-state index is -1.50. The zero-order valence-electron chi connectivity index (χ0n) is 8.52. The summed E-state index contributed by atoms with van der Waals surface area (Å²) in [6.07, 6.45) is 1.54. The normalized spacial score (nSPS) is 9.24. The molecule has 0 radical (unpaired) electrons. The lowest BCUT2D eigenvalue weighted by Crippen LogP contribution is -2.21. The van der Waals surface area contributed by atoms with Crippen LogP contribution in [0.3, 0.4) is 0 Å². The van der Waals surface area contributed by atoms with E-state index in [1.807, 2.05) is 12.1 Å². The maximum Gasteiger partial charge on any atom is 0.291 e. The van der Waals surface area contributed by atoms with E-state index in [0.717, 1.165) is 5.56 Å². The first-order chi connectivity index (χ1) is 7.91. The van der Waals surface area contributed by atoms with E-state index in [4.69, 9.17) is 38.4 Å². The predicted molar refractivity (Wildman–Crippen MR) is 63.6 cm³/mol. The smallest absolute Gasteiger partial charge is 0.291 e. The molecule has 1 aromatic carbocycles. The molecule has 0 fully saturated rings. The summed E-state index contributed by atoms with van der Waals surface area (Å²) in [4.78, 5) is 8.36. The maximum absolute atomic E-state index is 8.36. The van der Waals surface area contributed by atoms with Crippen molar-refractivity contribution in [2.75, 3.05) is 0 Å². The van der Waals surface area contributed by atoms with Gasteiger partial charge in [0.15, 0.2) is 0 Å². The summed E-state index contributed by atoms with van der Waals surface area (Å²) in [5.41, 5.74) is 11.0.